The van der Waals surface area contributed by atoms with Gasteiger partial charge in [-0.3, -0.25) is 14.9 Å². The summed E-state index contributed by atoms with van der Waals surface area (Å²) in [7, 11) is 0. The minimum Gasteiger partial charge on any atom is -0.391 e. The molecule has 0 aliphatic heterocycles. The van der Waals surface area contributed by atoms with Gasteiger partial charge in [0.05, 0.1) is 17.1 Å². The fraction of sp³-hybridized carbons (Fsp3) is 0.278. The maximum absolute atomic E-state index is 12.3. The molecule has 2 aromatic rings. The van der Waals surface area contributed by atoms with Crippen LogP contribution in [0.3, 0.4) is 0 Å². The van der Waals surface area contributed by atoms with E-state index in [0.29, 0.717) is 17.5 Å². The van der Waals surface area contributed by atoms with Crippen LogP contribution >= 0.6 is 0 Å². The second-order valence-corrected chi connectivity index (χ2v) is 5.78. The highest BCUT2D eigenvalue weighted by Crippen LogP contribution is 2.19. The highest BCUT2D eigenvalue weighted by atomic mass is 16.6. The van der Waals surface area contributed by atoms with Crippen LogP contribution in [-0.2, 0) is 6.42 Å². The van der Waals surface area contributed by atoms with Crippen LogP contribution in [0.5, 0.6) is 0 Å². The first kappa shape index (κ1) is 17.6. The topological polar surface area (TPSA) is 92.5 Å². The Hall–Kier alpha value is -2.73. The van der Waals surface area contributed by atoms with E-state index < -0.39 is 17.1 Å². The molecule has 0 heterocycles. The number of carbonyl (C=O) groups is 1. The van der Waals surface area contributed by atoms with E-state index in [1.807, 2.05) is 30.3 Å². The molecule has 0 spiro atoms. The number of aryl methyl sites for hydroxylation is 1. The Bertz CT molecular complexity index is 731. The number of hydrogen-bond donors (Lipinski definition) is 2. The van der Waals surface area contributed by atoms with Gasteiger partial charge in [-0.1, -0.05) is 30.3 Å². The molecule has 0 saturated heterocycles. The lowest BCUT2D eigenvalue weighted by molar-refractivity contribution is -0.385. The number of aliphatic hydroxyl groups excluding tert-OH is 1. The van der Waals surface area contributed by atoms with E-state index in [2.05, 4.69) is 5.32 Å². The van der Waals surface area contributed by atoms with Crippen molar-refractivity contribution in [3.8, 4) is 0 Å². The Kier molecular flexibility index (Phi) is 5.65. The summed E-state index contributed by atoms with van der Waals surface area (Å²) >= 11 is 0. The predicted octanol–water partition coefficient (Wildman–Crippen LogP) is 2.63. The van der Waals surface area contributed by atoms with Crippen molar-refractivity contribution in [3.63, 3.8) is 0 Å². The van der Waals surface area contributed by atoms with Crippen molar-refractivity contribution >= 4 is 11.6 Å². The lowest BCUT2D eigenvalue weighted by Crippen LogP contribution is -2.42. The fourth-order valence-electron chi connectivity index (χ4n) is 2.42. The quantitative estimate of drug-likeness (QED) is 0.630. The number of nitro groups is 1. The van der Waals surface area contributed by atoms with Crippen molar-refractivity contribution in [2.45, 2.75) is 32.4 Å². The van der Waals surface area contributed by atoms with Gasteiger partial charge >= 0.3 is 0 Å². The number of nitrogens with zero attached hydrogens (tertiary/aromatic N) is 1. The molecule has 0 aromatic heterocycles. The van der Waals surface area contributed by atoms with Gasteiger partial charge < -0.3 is 10.4 Å². The monoisotopic (exact) mass is 328 g/mol. The maximum atomic E-state index is 12.3. The first-order valence-electron chi connectivity index (χ1n) is 7.66. The standard InChI is InChI=1S/C18H20N2O4/c1-12-10-15(8-9-16(12)20(23)24)18(22)19-13(2)17(21)11-14-6-4-3-5-7-14/h3-10,13,17,21H,11H2,1-2H3,(H,19,22). The maximum Gasteiger partial charge on any atom is 0.272 e. The van der Waals surface area contributed by atoms with Crippen LogP contribution in [0.1, 0.15) is 28.4 Å². The molecule has 6 heteroatoms. The third kappa shape index (κ3) is 4.39. The molecular weight excluding hydrogens is 308 g/mol. The van der Waals surface area contributed by atoms with Gasteiger partial charge in [-0.2, -0.15) is 0 Å². The molecule has 6 nitrogen and oxygen atoms in total. The number of aliphatic hydroxyl groups is 1. The van der Waals surface area contributed by atoms with Gasteiger partial charge in [-0.15, -0.1) is 0 Å². The summed E-state index contributed by atoms with van der Waals surface area (Å²) in [6.07, 6.45) is -0.294. The zero-order valence-electron chi connectivity index (χ0n) is 13.6. The van der Waals surface area contributed by atoms with Gasteiger partial charge in [0.25, 0.3) is 11.6 Å². The van der Waals surface area contributed by atoms with E-state index in [-0.39, 0.29) is 11.6 Å². The Morgan fingerprint density at radius 3 is 2.50 bits per heavy atom. The minimum atomic E-state index is -0.726. The van der Waals surface area contributed by atoms with Gasteiger partial charge in [-0.25, -0.2) is 0 Å². The number of rotatable bonds is 6. The molecule has 2 N–H and O–H groups in total. The second-order valence-electron chi connectivity index (χ2n) is 5.78. The lowest BCUT2D eigenvalue weighted by Gasteiger charge is -2.20. The van der Waals surface area contributed by atoms with Crippen molar-refractivity contribution in [3.05, 3.63) is 75.3 Å². The zero-order valence-corrected chi connectivity index (χ0v) is 13.6. The average Bonchev–Trinajstić information content (AvgIpc) is 2.55. The van der Waals surface area contributed by atoms with Gasteiger partial charge in [0, 0.05) is 23.6 Å². The number of carbonyl (C=O) groups excluding carboxylic acids is 1. The Balaban J connectivity index is 2.00. The summed E-state index contributed by atoms with van der Waals surface area (Å²) in [6.45, 7) is 3.31. The summed E-state index contributed by atoms with van der Waals surface area (Å²) in [6, 6.07) is 13.3. The number of amides is 1. The van der Waals surface area contributed by atoms with E-state index in [0.717, 1.165) is 5.56 Å². The normalized spacial score (nSPS) is 13.1. The van der Waals surface area contributed by atoms with Gasteiger partial charge in [-0.05, 0) is 31.5 Å². The third-order valence-corrected chi connectivity index (χ3v) is 3.88. The number of nitro benzene ring substituents is 1. The van der Waals surface area contributed by atoms with Crippen LogP contribution in [0.15, 0.2) is 48.5 Å². The van der Waals surface area contributed by atoms with E-state index in [1.165, 1.54) is 18.2 Å². The van der Waals surface area contributed by atoms with Gasteiger partial charge in [0.15, 0.2) is 0 Å². The molecule has 0 aliphatic carbocycles. The van der Waals surface area contributed by atoms with E-state index in [4.69, 9.17) is 0 Å². The zero-order chi connectivity index (χ0) is 17.7. The Labute approximate surface area is 140 Å². The van der Waals surface area contributed by atoms with Crippen LogP contribution < -0.4 is 5.32 Å². The van der Waals surface area contributed by atoms with Crippen LogP contribution in [-0.4, -0.2) is 28.1 Å². The number of hydrogen-bond acceptors (Lipinski definition) is 4. The molecule has 0 aliphatic rings. The largest absolute Gasteiger partial charge is 0.391 e. The van der Waals surface area contributed by atoms with Crippen molar-refractivity contribution in [2.24, 2.45) is 0 Å². The molecule has 2 unspecified atom stereocenters. The summed E-state index contributed by atoms with van der Waals surface area (Å²) in [5, 5.41) is 23.8. The van der Waals surface area contributed by atoms with Crippen molar-refractivity contribution < 1.29 is 14.8 Å². The average molecular weight is 328 g/mol. The van der Waals surface area contributed by atoms with Gasteiger partial charge in [0.2, 0.25) is 0 Å². The SMILES string of the molecule is Cc1cc(C(=O)NC(C)C(O)Cc2ccccc2)ccc1[N+](=O)[O-]. The van der Waals surface area contributed by atoms with Crippen LogP contribution in [0, 0.1) is 17.0 Å². The summed E-state index contributed by atoms with van der Waals surface area (Å²) in [5.41, 5.74) is 1.71. The van der Waals surface area contributed by atoms with Crippen LogP contribution in [0.4, 0.5) is 5.69 Å². The molecule has 126 valence electrons. The number of nitrogens with one attached hydrogen (secondary N) is 1. The van der Waals surface area contributed by atoms with Gasteiger partial charge in [0.1, 0.15) is 0 Å². The Morgan fingerprint density at radius 2 is 1.92 bits per heavy atom. The first-order valence-corrected chi connectivity index (χ1v) is 7.66. The lowest BCUT2D eigenvalue weighted by atomic mass is 10.0. The first-order chi connectivity index (χ1) is 11.4. The van der Waals surface area contributed by atoms with Crippen molar-refractivity contribution in [1.29, 1.82) is 0 Å². The molecule has 1 amide bonds. The van der Waals surface area contributed by atoms with Crippen LogP contribution in [0.25, 0.3) is 0 Å². The highest BCUT2D eigenvalue weighted by molar-refractivity contribution is 5.94. The molecule has 24 heavy (non-hydrogen) atoms. The molecule has 2 rings (SSSR count). The molecule has 0 saturated carbocycles. The van der Waals surface area contributed by atoms with E-state index >= 15 is 0 Å². The van der Waals surface area contributed by atoms with Crippen LogP contribution in [0.2, 0.25) is 0 Å². The van der Waals surface area contributed by atoms with Crippen molar-refractivity contribution in [1.82, 2.24) is 5.32 Å². The molecule has 0 bridgehead atoms. The summed E-state index contributed by atoms with van der Waals surface area (Å²) in [5.74, 6) is -0.368. The fourth-order valence-corrected chi connectivity index (χ4v) is 2.42. The molecule has 0 fully saturated rings. The number of benzene rings is 2. The van der Waals surface area contributed by atoms with Crippen molar-refractivity contribution in [2.75, 3.05) is 0 Å². The summed E-state index contributed by atoms with van der Waals surface area (Å²) in [4.78, 5) is 22.6. The molecule has 0 radical (unpaired) electrons. The molecular formula is C18H20N2O4. The molecule has 2 atom stereocenters. The summed E-state index contributed by atoms with van der Waals surface area (Å²) < 4.78 is 0. The van der Waals surface area contributed by atoms with E-state index in [1.54, 1.807) is 13.8 Å². The Morgan fingerprint density at radius 1 is 1.25 bits per heavy atom. The third-order valence-electron chi connectivity index (χ3n) is 3.88. The smallest absolute Gasteiger partial charge is 0.272 e. The molecule has 2 aromatic carbocycles. The minimum absolute atomic E-state index is 0.0243. The van der Waals surface area contributed by atoms with E-state index in [9.17, 15) is 20.0 Å². The predicted molar refractivity (Wildman–Crippen MR) is 90.9 cm³/mol. The second kappa shape index (κ2) is 7.70. The highest BCUT2D eigenvalue weighted by Gasteiger charge is 2.19.